The van der Waals surface area contributed by atoms with Gasteiger partial charge in [0.1, 0.15) is 29.9 Å². The number of rotatable bonds is 3. The van der Waals surface area contributed by atoms with Gasteiger partial charge in [-0.15, -0.1) is 11.8 Å². The minimum Gasteiger partial charge on any atom is -0.352 e. The van der Waals surface area contributed by atoms with E-state index in [4.69, 9.17) is 5.26 Å². The van der Waals surface area contributed by atoms with Gasteiger partial charge in [0, 0.05) is 49.4 Å². The Morgan fingerprint density at radius 1 is 1.19 bits per heavy atom. The first-order valence-corrected chi connectivity index (χ1v) is 13.1. The summed E-state index contributed by atoms with van der Waals surface area (Å²) in [4.78, 5) is 32.1. The Balaban J connectivity index is 1.46. The molecule has 3 aliphatic heterocycles. The highest BCUT2D eigenvalue weighted by Crippen LogP contribution is 2.47. The zero-order valence-corrected chi connectivity index (χ0v) is 21.9. The minimum atomic E-state index is -4.68. The van der Waals surface area contributed by atoms with E-state index in [2.05, 4.69) is 19.9 Å². The van der Waals surface area contributed by atoms with Crippen LogP contribution in [0.4, 0.5) is 30.6 Å². The van der Waals surface area contributed by atoms with Crippen LogP contribution < -0.4 is 9.80 Å². The van der Waals surface area contributed by atoms with E-state index in [1.54, 1.807) is 22.7 Å². The first kappa shape index (κ1) is 25.6. The predicted molar refractivity (Wildman–Crippen MR) is 135 cm³/mol. The van der Waals surface area contributed by atoms with Gasteiger partial charge in [0.25, 0.3) is 0 Å². The van der Waals surface area contributed by atoms with Crippen molar-refractivity contribution in [3.8, 4) is 6.07 Å². The average Bonchev–Trinajstić information content (AvgIpc) is 3.12. The molecule has 196 valence electrons. The zero-order valence-electron chi connectivity index (χ0n) is 21.1. The Morgan fingerprint density at radius 3 is 2.49 bits per heavy atom. The number of amides is 1. The zero-order chi connectivity index (χ0) is 26.8. The van der Waals surface area contributed by atoms with Crippen LogP contribution in [0.2, 0.25) is 0 Å². The molecule has 8 nitrogen and oxygen atoms in total. The van der Waals surface area contributed by atoms with Gasteiger partial charge in [-0.05, 0) is 32.1 Å². The number of pyridine rings is 1. The number of alkyl halides is 3. The van der Waals surface area contributed by atoms with Crippen LogP contribution in [-0.2, 0) is 16.4 Å². The summed E-state index contributed by atoms with van der Waals surface area (Å²) in [5.41, 5.74) is -1.18. The summed E-state index contributed by atoms with van der Waals surface area (Å²) in [6.45, 7) is 10.2. The number of carbonyl (C=O) groups is 1. The van der Waals surface area contributed by atoms with Crippen LogP contribution in [0, 0.1) is 11.3 Å². The average molecular weight is 532 g/mol. The second-order valence-corrected chi connectivity index (χ2v) is 12.3. The van der Waals surface area contributed by atoms with Crippen molar-refractivity contribution in [1.82, 2.24) is 19.9 Å². The lowest BCUT2D eigenvalue weighted by molar-refractivity contribution is -0.138. The third-order valence-corrected chi connectivity index (χ3v) is 8.95. The molecule has 37 heavy (non-hydrogen) atoms. The summed E-state index contributed by atoms with van der Waals surface area (Å²) >= 11 is 1.70. The van der Waals surface area contributed by atoms with Crippen LogP contribution in [0.5, 0.6) is 0 Å². The Bertz CT molecular complexity index is 1290. The standard InChI is InChI=1S/C25H28F3N7OS/c1-15-12-33(6-7-34(15)22(36)24(4)5-8-37-24)20-19-21(32-14-31-20)35(13-23(19,2)3)18-9-17(25(26,27)28)16(10-29)11-30-18/h9,11,14-15H,5-8,12-13H2,1-4H3/t15?,24-/m0/s1. The molecular weight excluding hydrogens is 503 g/mol. The molecule has 2 aromatic rings. The van der Waals surface area contributed by atoms with E-state index in [9.17, 15) is 18.0 Å². The van der Waals surface area contributed by atoms with Crippen molar-refractivity contribution >= 4 is 35.1 Å². The second-order valence-electron chi connectivity index (χ2n) is 10.7. The number of piperazine rings is 1. The molecule has 0 aliphatic carbocycles. The highest BCUT2D eigenvalue weighted by Gasteiger charge is 2.46. The van der Waals surface area contributed by atoms with E-state index in [1.807, 2.05) is 32.6 Å². The fourth-order valence-electron chi connectivity index (χ4n) is 5.40. The largest absolute Gasteiger partial charge is 0.417 e. The van der Waals surface area contributed by atoms with Gasteiger partial charge in [0.15, 0.2) is 0 Å². The van der Waals surface area contributed by atoms with Crippen LogP contribution in [0.1, 0.15) is 50.8 Å². The molecule has 0 spiro atoms. The molecule has 0 aromatic carbocycles. The smallest absolute Gasteiger partial charge is 0.352 e. The SMILES string of the molecule is CC1CN(c2ncnc3c2C(C)(C)CN3c2cc(C(F)(F)F)c(C#N)cn2)CCN1C(=O)[C@]1(C)CCS1. The molecule has 0 bridgehead atoms. The van der Waals surface area contributed by atoms with E-state index in [1.165, 1.54) is 6.33 Å². The molecule has 1 amide bonds. The van der Waals surface area contributed by atoms with E-state index in [0.717, 1.165) is 35.8 Å². The Labute approximate surface area is 217 Å². The molecule has 0 saturated carbocycles. The van der Waals surface area contributed by atoms with Crippen molar-refractivity contribution < 1.29 is 18.0 Å². The van der Waals surface area contributed by atoms with Crippen molar-refractivity contribution in [3.63, 3.8) is 0 Å². The van der Waals surface area contributed by atoms with Crippen molar-refractivity contribution in [2.24, 2.45) is 0 Å². The Hall–Kier alpha value is -3.07. The number of aromatic nitrogens is 3. The molecule has 5 heterocycles. The van der Waals surface area contributed by atoms with Crippen molar-refractivity contribution in [2.45, 2.75) is 56.5 Å². The molecule has 3 aliphatic rings. The summed E-state index contributed by atoms with van der Waals surface area (Å²) in [5, 5.41) is 9.14. The monoisotopic (exact) mass is 531 g/mol. The number of nitrogens with zero attached hydrogens (tertiary/aromatic N) is 7. The lowest BCUT2D eigenvalue weighted by atomic mass is 9.87. The third kappa shape index (κ3) is 4.27. The third-order valence-electron chi connectivity index (χ3n) is 7.53. The van der Waals surface area contributed by atoms with Crippen LogP contribution in [0.15, 0.2) is 18.6 Å². The number of nitriles is 1. The van der Waals surface area contributed by atoms with Gasteiger partial charge in [0.05, 0.1) is 15.9 Å². The van der Waals surface area contributed by atoms with Gasteiger partial charge in [-0.3, -0.25) is 4.79 Å². The number of carbonyl (C=O) groups excluding carboxylic acids is 1. The lowest BCUT2D eigenvalue weighted by Crippen LogP contribution is -2.60. The van der Waals surface area contributed by atoms with Crippen molar-refractivity contribution in [3.05, 3.63) is 35.3 Å². The maximum absolute atomic E-state index is 13.6. The normalized spacial score (nSPS) is 24.9. The highest BCUT2D eigenvalue weighted by atomic mass is 32.2. The topological polar surface area (TPSA) is 89.2 Å². The van der Waals surface area contributed by atoms with Gasteiger partial charge in [-0.25, -0.2) is 15.0 Å². The maximum atomic E-state index is 13.6. The second kappa shape index (κ2) is 8.75. The van der Waals surface area contributed by atoms with Crippen LogP contribution in [-0.4, -0.2) is 68.5 Å². The van der Waals surface area contributed by atoms with Crippen LogP contribution in [0.25, 0.3) is 0 Å². The molecule has 2 atom stereocenters. The van der Waals surface area contributed by atoms with Gasteiger partial charge < -0.3 is 14.7 Å². The Morgan fingerprint density at radius 2 is 1.89 bits per heavy atom. The van der Waals surface area contributed by atoms with Gasteiger partial charge >= 0.3 is 6.18 Å². The van der Waals surface area contributed by atoms with Crippen molar-refractivity contribution in [2.75, 3.05) is 41.7 Å². The molecule has 12 heteroatoms. The molecule has 2 aromatic heterocycles. The quantitative estimate of drug-likeness (QED) is 0.585. The first-order chi connectivity index (χ1) is 17.4. The van der Waals surface area contributed by atoms with Crippen LogP contribution in [0.3, 0.4) is 0 Å². The molecule has 2 fully saturated rings. The molecular formula is C25H28F3N7OS. The summed E-state index contributed by atoms with van der Waals surface area (Å²) in [6.07, 6.45) is -1.40. The number of fused-ring (bicyclic) bond motifs is 1. The number of halogens is 3. The number of hydrogen-bond acceptors (Lipinski definition) is 8. The highest BCUT2D eigenvalue weighted by molar-refractivity contribution is 8.02. The van der Waals surface area contributed by atoms with E-state index < -0.39 is 22.7 Å². The maximum Gasteiger partial charge on any atom is 0.417 e. The fraction of sp³-hybridized carbons (Fsp3) is 0.560. The minimum absolute atomic E-state index is 0.0138. The van der Waals surface area contributed by atoms with E-state index in [-0.39, 0.29) is 22.5 Å². The summed E-state index contributed by atoms with van der Waals surface area (Å²) in [7, 11) is 0. The van der Waals surface area contributed by atoms with Crippen molar-refractivity contribution in [1.29, 1.82) is 5.26 Å². The molecule has 5 rings (SSSR count). The summed E-state index contributed by atoms with van der Waals surface area (Å²) < 4.78 is 40.5. The first-order valence-electron chi connectivity index (χ1n) is 12.2. The van der Waals surface area contributed by atoms with Gasteiger partial charge in [-0.1, -0.05) is 13.8 Å². The van der Waals surface area contributed by atoms with Gasteiger partial charge in [0.2, 0.25) is 5.91 Å². The molecule has 0 radical (unpaired) electrons. The molecule has 0 N–H and O–H groups in total. The Kier molecular flexibility index (Phi) is 6.05. The molecule has 2 saturated heterocycles. The predicted octanol–water partition coefficient (Wildman–Crippen LogP) is 4.12. The van der Waals surface area contributed by atoms with Gasteiger partial charge in [-0.2, -0.15) is 18.4 Å². The molecule has 1 unspecified atom stereocenters. The number of anilines is 3. The fourth-order valence-corrected chi connectivity index (χ4v) is 6.46. The summed E-state index contributed by atoms with van der Waals surface area (Å²) in [5.74, 6) is 2.50. The van der Waals surface area contributed by atoms with E-state index >= 15 is 0 Å². The van der Waals surface area contributed by atoms with Crippen LogP contribution >= 0.6 is 11.8 Å². The number of hydrogen-bond donors (Lipinski definition) is 0. The lowest BCUT2D eigenvalue weighted by Gasteiger charge is -2.46. The summed E-state index contributed by atoms with van der Waals surface area (Å²) in [6, 6.07) is 2.48. The van der Waals surface area contributed by atoms with E-state index in [0.29, 0.717) is 32.0 Å². The number of thioether (sulfide) groups is 1.